The average Bonchev–Trinajstić information content (AvgIpc) is 3.48. The molecule has 0 unspecified atom stereocenters. The average molecular weight is 658 g/mol. The number of ether oxygens (including phenoxy) is 1. The summed E-state index contributed by atoms with van der Waals surface area (Å²) < 4.78 is 19.2. The molecule has 1 amide bonds. The standard InChI is InChI=1S/C36H41ClFN7O2/c1-42-19-5-9-27(42)24-47-35-40-33-28(34(41-35)43-21-22-44(26(23-43)13-18-39)31(46)12-4-17-38)14-20-45(36(33)15-6-16-36)30-11-3-8-25-7-2-10-29(37)32(25)30/h2-4,7-8,10-12,26-27H,5-6,9,13-17,19-24H2,1H3/b12-4+/t26-,27-/m0/s1. The zero-order chi connectivity index (χ0) is 32.5. The van der Waals surface area contributed by atoms with Crippen molar-refractivity contribution in [3.05, 3.63) is 64.8 Å². The Bertz CT molecular complexity index is 1720. The number of aromatic nitrogens is 2. The minimum atomic E-state index is -0.704. The SMILES string of the molecule is CN1CCC[C@H]1COc1nc(N2CCN(C(=O)/C=C/CF)[C@@H](CC#N)C2)c2c(n1)C1(CCC1)N(c1cccc3cccc(Cl)c13)CC2. The Morgan fingerprint density at radius 3 is 2.68 bits per heavy atom. The lowest BCUT2D eigenvalue weighted by Crippen LogP contribution is -2.57. The molecule has 0 bridgehead atoms. The van der Waals surface area contributed by atoms with Crippen LogP contribution in [0, 0.1) is 11.3 Å². The summed E-state index contributed by atoms with van der Waals surface area (Å²) in [4.78, 5) is 32.0. The Hall–Kier alpha value is -3.94. The van der Waals surface area contributed by atoms with E-state index in [-0.39, 0.29) is 23.9 Å². The summed E-state index contributed by atoms with van der Waals surface area (Å²) in [7, 11) is 2.13. The number of rotatable bonds is 8. The number of halogens is 2. The number of anilines is 2. The molecule has 1 aliphatic carbocycles. The molecule has 7 rings (SSSR count). The second-order valence-electron chi connectivity index (χ2n) is 13.2. The first-order chi connectivity index (χ1) is 22.9. The van der Waals surface area contributed by atoms with E-state index in [4.69, 9.17) is 26.3 Å². The van der Waals surface area contributed by atoms with Gasteiger partial charge in [-0.2, -0.15) is 15.2 Å². The lowest BCUT2D eigenvalue weighted by Gasteiger charge is -2.55. The van der Waals surface area contributed by atoms with E-state index in [1.165, 1.54) is 12.2 Å². The highest BCUT2D eigenvalue weighted by atomic mass is 35.5. The van der Waals surface area contributed by atoms with Gasteiger partial charge < -0.3 is 24.3 Å². The lowest BCUT2D eigenvalue weighted by atomic mass is 9.69. The molecule has 3 fully saturated rings. The predicted molar refractivity (Wildman–Crippen MR) is 182 cm³/mol. The van der Waals surface area contributed by atoms with Gasteiger partial charge in [-0.15, -0.1) is 0 Å². The van der Waals surface area contributed by atoms with Gasteiger partial charge in [-0.05, 0) is 75.7 Å². The van der Waals surface area contributed by atoms with Crippen LogP contribution in [-0.2, 0) is 16.8 Å². The number of nitriles is 1. The number of benzene rings is 2. The van der Waals surface area contributed by atoms with Crippen molar-refractivity contribution in [2.24, 2.45) is 0 Å². The van der Waals surface area contributed by atoms with Crippen LogP contribution in [0.3, 0.4) is 0 Å². The minimum Gasteiger partial charge on any atom is -0.462 e. The van der Waals surface area contributed by atoms with E-state index >= 15 is 0 Å². The van der Waals surface area contributed by atoms with Gasteiger partial charge in [-0.3, -0.25) is 4.79 Å². The molecule has 2 saturated heterocycles. The minimum absolute atomic E-state index is 0.176. The van der Waals surface area contributed by atoms with E-state index < -0.39 is 6.67 Å². The van der Waals surface area contributed by atoms with E-state index in [0.29, 0.717) is 38.3 Å². The summed E-state index contributed by atoms with van der Waals surface area (Å²) >= 11 is 6.85. The van der Waals surface area contributed by atoms with Crippen molar-refractivity contribution in [3.63, 3.8) is 0 Å². The quantitative estimate of drug-likeness (QED) is 0.287. The molecule has 246 valence electrons. The Balaban J connectivity index is 1.29. The van der Waals surface area contributed by atoms with Gasteiger partial charge in [0.1, 0.15) is 19.1 Å². The molecule has 0 N–H and O–H groups in total. The summed E-state index contributed by atoms with van der Waals surface area (Å²) in [5.74, 6) is 0.566. The highest BCUT2D eigenvalue weighted by Crippen LogP contribution is 2.54. The van der Waals surface area contributed by atoms with Gasteiger partial charge in [0.2, 0.25) is 5.91 Å². The number of piperazine rings is 1. The molecule has 4 heterocycles. The van der Waals surface area contributed by atoms with Crippen molar-refractivity contribution in [2.75, 3.05) is 62.9 Å². The first-order valence-corrected chi connectivity index (χ1v) is 17.2. The van der Waals surface area contributed by atoms with Crippen LogP contribution in [0.25, 0.3) is 10.8 Å². The molecular weight excluding hydrogens is 617 g/mol. The van der Waals surface area contributed by atoms with Gasteiger partial charge in [0.05, 0.1) is 34.8 Å². The number of hydrogen-bond acceptors (Lipinski definition) is 8. The number of fused-ring (bicyclic) bond motifs is 3. The number of likely N-dealkylation sites (N-methyl/N-ethyl adjacent to an activating group) is 1. The van der Waals surface area contributed by atoms with Gasteiger partial charge >= 0.3 is 6.01 Å². The Morgan fingerprint density at radius 2 is 1.96 bits per heavy atom. The molecule has 4 aliphatic rings. The fourth-order valence-electron chi connectivity index (χ4n) is 8.05. The number of carbonyl (C=O) groups is 1. The molecule has 2 aromatic carbocycles. The molecule has 1 aromatic heterocycles. The van der Waals surface area contributed by atoms with Crippen molar-refractivity contribution >= 4 is 39.8 Å². The highest BCUT2D eigenvalue weighted by molar-refractivity contribution is 6.36. The third-order valence-electron chi connectivity index (χ3n) is 10.6. The summed E-state index contributed by atoms with van der Waals surface area (Å²) in [5.41, 5.74) is 2.93. The summed E-state index contributed by atoms with van der Waals surface area (Å²) in [6.45, 7) is 3.06. The predicted octanol–water partition coefficient (Wildman–Crippen LogP) is 5.65. The number of hydrogen-bond donors (Lipinski definition) is 0. The maximum absolute atomic E-state index is 12.9. The molecule has 3 aliphatic heterocycles. The summed E-state index contributed by atoms with van der Waals surface area (Å²) in [5, 5.41) is 12.6. The lowest BCUT2D eigenvalue weighted by molar-refractivity contribution is -0.128. The zero-order valence-corrected chi connectivity index (χ0v) is 27.6. The molecule has 1 spiro atoms. The molecule has 2 atom stereocenters. The molecule has 47 heavy (non-hydrogen) atoms. The number of allylic oxidation sites excluding steroid dienone is 1. The smallest absolute Gasteiger partial charge is 0.318 e. The number of amides is 1. The maximum atomic E-state index is 12.9. The Kier molecular flexibility index (Phi) is 8.95. The van der Waals surface area contributed by atoms with Crippen molar-refractivity contribution < 1.29 is 13.9 Å². The number of likely N-dealkylation sites (tertiary alicyclic amines) is 1. The number of carbonyl (C=O) groups excluding carboxylic acids is 1. The fourth-order valence-corrected chi connectivity index (χ4v) is 8.33. The molecule has 0 radical (unpaired) electrons. The van der Waals surface area contributed by atoms with Crippen LogP contribution in [0.2, 0.25) is 5.02 Å². The van der Waals surface area contributed by atoms with E-state index in [1.807, 2.05) is 12.1 Å². The third kappa shape index (κ3) is 5.78. The van der Waals surface area contributed by atoms with Crippen LogP contribution in [0.15, 0.2) is 48.6 Å². The van der Waals surface area contributed by atoms with E-state index in [0.717, 1.165) is 90.2 Å². The van der Waals surface area contributed by atoms with Crippen molar-refractivity contribution in [1.82, 2.24) is 19.8 Å². The first kappa shape index (κ1) is 31.6. The van der Waals surface area contributed by atoms with Crippen LogP contribution in [-0.4, -0.2) is 90.8 Å². The van der Waals surface area contributed by atoms with Gasteiger partial charge in [0, 0.05) is 54.9 Å². The number of nitrogens with zero attached hydrogens (tertiary/aromatic N) is 7. The Labute approximate surface area is 280 Å². The topological polar surface area (TPSA) is 88.8 Å². The van der Waals surface area contributed by atoms with Gasteiger partial charge in [0.15, 0.2) is 0 Å². The van der Waals surface area contributed by atoms with E-state index in [1.54, 1.807) is 4.90 Å². The molecule has 11 heteroatoms. The van der Waals surface area contributed by atoms with Crippen molar-refractivity contribution in [1.29, 1.82) is 5.26 Å². The van der Waals surface area contributed by atoms with E-state index in [2.05, 4.69) is 52.1 Å². The maximum Gasteiger partial charge on any atom is 0.318 e. The third-order valence-corrected chi connectivity index (χ3v) is 10.9. The summed E-state index contributed by atoms with van der Waals surface area (Å²) in [6, 6.07) is 15.1. The van der Waals surface area contributed by atoms with Crippen molar-refractivity contribution in [2.45, 2.75) is 62.6 Å². The monoisotopic (exact) mass is 657 g/mol. The Morgan fingerprint density at radius 1 is 1.13 bits per heavy atom. The van der Waals surface area contributed by atoms with Crippen molar-refractivity contribution in [3.8, 4) is 12.1 Å². The molecular formula is C36H41ClFN7O2. The second-order valence-corrected chi connectivity index (χ2v) is 13.6. The van der Waals surface area contributed by atoms with E-state index in [9.17, 15) is 14.4 Å². The van der Waals surface area contributed by atoms with Crippen LogP contribution < -0.4 is 14.5 Å². The zero-order valence-electron chi connectivity index (χ0n) is 26.9. The van der Waals surface area contributed by atoms with Gasteiger partial charge in [0.25, 0.3) is 0 Å². The first-order valence-electron chi connectivity index (χ1n) is 16.8. The van der Waals surface area contributed by atoms with Crippen LogP contribution in [0.5, 0.6) is 6.01 Å². The fraction of sp³-hybridized carbons (Fsp3) is 0.500. The summed E-state index contributed by atoms with van der Waals surface area (Å²) in [6.07, 6.45) is 8.65. The highest BCUT2D eigenvalue weighted by Gasteiger charge is 2.51. The molecule has 1 saturated carbocycles. The second kappa shape index (κ2) is 13.3. The van der Waals surface area contributed by atoms with Gasteiger partial charge in [-0.25, -0.2) is 4.39 Å². The van der Waals surface area contributed by atoms with Crippen LogP contribution >= 0.6 is 11.6 Å². The normalized spacial score (nSPS) is 22.5. The molecule has 3 aromatic rings. The van der Waals surface area contributed by atoms with Crippen LogP contribution in [0.1, 0.15) is 49.8 Å². The largest absolute Gasteiger partial charge is 0.462 e. The number of alkyl halides is 1. The molecule has 9 nitrogen and oxygen atoms in total. The van der Waals surface area contributed by atoms with Gasteiger partial charge in [-0.1, -0.05) is 35.9 Å². The van der Waals surface area contributed by atoms with Crippen LogP contribution in [0.4, 0.5) is 15.9 Å².